The maximum absolute atomic E-state index is 11.4. The second kappa shape index (κ2) is 4.60. The molecule has 0 heterocycles. The van der Waals surface area contributed by atoms with Gasteiger partial charge in [-0.05, 0) is 30.7 Å². The number of carbonyl (C=O) groups excluding carboxylic acids is 1. The number of carbonyl (C=O) groups is 1. The van der Waals surface area contributed by atoms with Crippen molar-refractivity contribution >= 4 is 27.4 Å². The maximum Gasteiger partial charge on any atom is 0.173 e. The summed E-state index contributed by atoms with van der Waals surface area (Å²) in [6.07, 6.45) is 0. The fourth-order valence-electron chi connectivity index (χ4n) is 1.41. The van der Waals surface area contributed by atoms with Crippen LogP contribution >= 0.6 is 15.9 Å². The number of alkyl halides is 1. The lowest BCUT2D eigenvalue weighted by atomic mass is 10.1. The van der Waals surface area contributed by atoms with E-state index in [1.54, 1.807) is 0 Å². The molecule has 0 saturated carbocycles. The van der Waals surface area contributed by atoms with Crippen molar-refractivity contribution in [2.75, 3.05) is 24.3 Å². The van der Waals surface area contributed by atoms with Crippen LogP contribution in [0.1, 0.15) is 15.9 Å². The van der Waals surface area contributed by atoms with Crippen molar-refractivity contribution in [1.29, 1.82) is 0 Å². The number of halogens is 1. The van der Waals surface area contributed by atoms with Gasteiger partial charge < -0.3 is 4.90 Å². The van der Waals surface area contributed by atoms with E-state index in [0.717, 1.165) is 16.8 Å². The van der Waals surface area contributed by atoms with Gasteiger partial charge in [0.1, 0.15) is 0 Å². The van der Waals surface area contributed by atoms with Gasteiger partial charge in [-0.2, -0.15) is 0 Å². The van der Waals surface area contributed by atoms with Gasteiger partial charge in [0.05, 0.1) is 5.33 Å². The van der Waals surface area contributed by atoms with Crippen LogP contribution in [-0.4, -0.2) is 25.2 Å². The zero-order valence-corrected chi connectivity index (χ0v) is 10.3. The van der Waals surface area contributed by atoms with Gasteiger partial charge in [0.15, 0.2) is 5.78 Å². The Morgan fingerprint density at radius 2 is 2.07 bits per heavy atom. The summed E-state index contributed by atoms with van der Waals surface area (Å²) in [5, 5.41) is 0.383. The minimum absolute atomic E-state index is 0.124. The normalized spacial score (nSPS) is 10.0. The highest BCUT2D eigenvalue weighted by Crippen LogP contribution is 2.19. The standard InChI is InChI=1S/C11H14BrNO/c1-8-6-9(11(14)7-12)4-5-10(8)13(2)3/h4-6H,7H2,1-3H3. The zero-order chi connectivity index (χ0) is 10.7. The first kappa shape index (κ1) is 11.2. The SMILES string of the molecule is Cc1cc(C(=O)CBr)ccc1N(C)C. The Balaban J connectivity index is 3.06. The highest BCUT2D eigenvalue weighted by molar-refractivity contribution is 9.09. The molecule has 0 atom stereocenters. The van der Waals surface area contributed by atoms with E-state index in [0.29, 0.717) is 5.33 Å². The zero-order valence-electron chi connectivity index (χ0n) is 8.67. The first-order valence-corrected chi connectivity index (χ1v) is 5.55. The van der Waals surface area contributed by atoms with Crippen LogP contribution < -0.4 is 4.90 Å². The monoisotopic (exact) mass is 255 g/mol. The van der Waals surface area contributed by atoms with E-state index in [1.807, 2.05) is 44.1 Å². The first-order chi connectivity index (χ1) is 6.56. The number of nitrogens with zero attached hydrogens (tertiary/aromatic N) is 1. The molecule has 76 valence electrons. The van der Waals surface area contributed by atoms with Crippen molar-refractivity contribution in [1.82, 2.24) is 0 Å². The molecule has 1 aromatic carbocycles. The lowest BCUT2D eigenvalue weighted by Gasteiger charge is -2.15. The first-order valence-electron chi connectivity index (χ1n) is 4.43. The minimum Gasteiger partial charge on any atom is -0.377 e. The molecule has 2 nitrogen and oxygen atoms in total. The van der Waals surface area contributed by atoms with Gasteiger partial charge >= 0.3 is 0 Å². The van der Waals surface area contributed by atoms with E-state index in [4.69, 9.17) is 0 Å². The van der Waals surface area contributed by atoms with Gasteiger partial charge in [-0.3, -0.25) is 4.79 Å². The van der Waals surface area contributed by atoms with E-state index >= 15 is 0 Å². The number of Topliss-reactive ketones (excluding diaryl/α,β-unsaturated/α-hetero) is 1. The lowest BCUT2D eigenvalue weighted by molar-refractivity contribution is 0.102. The van der Waals surface area contributed by atoms with E-state index in [9.17, 15) is 4.79 Å². The molecule has 0 aromatic heterocycles. The van der Waals surface area contributed by atoms with Crippen LogP contribution in [-0.2, 0) is 0 Å². The van der Waals surface area contributed by atoms with Crippen LogP contribution in [0.4, 0.5) is 5.69 Å². The Hall–Kier alpha value is -0.830. The van der Waals surface area contributed by atoms with Crippen molar-refractivity contribution in [3.63, 3.8) is 0 Å². The van der Waals surface area contributed by atoms with Crippen LogP contribution in [0.2, 0.25) is 0 Å². The summed E-state index contributed by atoms with van der Waals surface area (Å²) in [4.78, 5) is 13.4. The van der Waals surface area contributed by atoms with Crippen molar-refractivity contribution in [2.24, 2.45) is 0 Å². The molecule has 0 spiro atoms. The summed E-state index contributed by atoms with van der Waals surface area (Å²) in [6.45, 7) is 2.01. The Morgan fingerprint density at radius 1 is 1.43 bits per heavy atom. The number of anilines is 1. The van der Waals surface area contributed by atoms with E-state index in [1.165, 1.54) is 0 Å². The van der Waals surface area contributed by atoms with Crippen LogP contribution in [0.5, 0.6) is 0 Å². The summed E-state index contributed by atoms with van der Waals surface area (Å²) >= 11 is 3.16. The molecular formula is C11H14BrNO. The number of aryl methyl sites for hydroxylation is 1. The fourth-order valence-corrected chi connectivity index (χ4v) is 1.73. The molecule has 0 aliphatic carbocycles. The average molecular weight is 256 g/mol. The summed E-state index contributed by atoms with van der Waals surface area (Å²) < 4.78 is 0. The summed E-state index contributed by atoms with van der Waals surface area (Å²) in [5.41, 5.74) is 3.04. The molecule has 0 N–H and O–H groups in total. The maximum atomic E-state index is 11.4. The topological polar surface area (TPSA) is 20.3 Å². The molecule has 0 fully saturated rings. The Morgan fingerprint density at radius 3 is 2.50 bits per heavy atom. The van der Waals surface area contributed by atoms with Gasteiger partial charge in [-0.1, -0.05) is 15.9 Å². The molecule has 0 radical (unpaired) electrons. The number of hydrogen-bond acceptors (Lipinski definition) is 2. The van der Waals surface area contributed by atoms with Gasteiger partial charge in [-0.25, -0.2) is 0 Å². The highest BCUT2D eigenvalue weighted by atomic mass is 79.9. The molecule has 0 unspecified atom stereocenters. The molecular weight excluding hydrogens is 242 g/mol. The predicted molar refractivity (Wildman–Crippen MR) is 63.6 cm³/mol. The van der Waals surface area contributed by atoms with Crippen molar-refractivity contribution in [2.45, 2.75) is 6.92 Å². The van der Waals surface area contributed by atoms with Gasteiger partial charge in [0, 0.05) is 25.3 Å². The van der Waals surface area contributed by atoms with Crippen LogP contribution in [0.25, 0.3) is 0 Å². The highest BCUT2D eigenvalue weighted by Gasteiger charge is 2.06. The van der Waals surface area contributed by atoms with Crippen molar-refractivity contribution in [3.8, 4) is 0 Å². The van der Waals surface area contributed by atoms with Crippen LogP contribution in [0, 0.1) is 6.92 Å². The predicted octanol–water partition coefficient (Wildman–Crippen LogP) is 2.64. The molecule has 3 heteroatoms. The van der Waals surface area contributed by atoms with Crippen molar-refractivity contribution < 1.29 is 4.79 Å². The largest absolute Gasteiger partial charge is 0.377 e. The second-order valence-corrected chi connectivity index (χ2v) is 4.01. The summed E-state index contributed by atoms with van der Waals surface area (Å²) in [5.74, 6) is 0.124. The Labute approximate surface area is 93.0 Å². The van der Waals surface area contributed by atoms with Crippen LogP contribution in [0.15, 0.2) is 18.2 Å². The Bertz CT molecular complexity index is 347. The Kier molecular flexibility index (Phi) is 3.69. The number of ketones is 1. The molecule has 0 aliphatic rings. The average Bonchev–Trinajstić information content (AvgIpc) is 2.15. The van der Waals surface area contributed by atoms with Crippen molar-refractivity contribution in [3.05, 3.63) is 29.3 Å². The third-order valence-electron chi connectivity index (χ3n) is 2.12. The van der Waals surface area contributed by atoms with Gasteiger partial charge in [0.25, 0.3) is 0 Å². The van der Waals surface area contributed by atoms with Crippen LogP contribution in [0.3, 0.4) is 0 Å². The summed E-state index contributed by atoms with van der Waals surface area (Å²) in [6, 6.07) is 5.77. The minimum atomic E-state index is 0.124. The number of hydrogen-bond donors (Lipinski definition) is 0. The number of rotatable bonds is 3. The third kappa shape index (κ3) is 2.35. The molecule has 14 heavy (non-hydrogen) atoms. The molecule has 0 saturated heterocycles. The smallest absolute Gasteiger partial charge is 0.173 e. The third-order valence-corrected chi connectivity index (χ3v) is 2.63. The van der Waals surface area contributed by atoms with Gasteiger partial charge in [-0.15, -0.1) is 0 Å². The van der Waals surface area contributed by atoms with E-state index < -0.39 is 0 Å². The molecule has 0 amide bonds. The van der Waals surface area contributed by atoms with E-state index in [-0.39, 0.29) is 5.78 Å². The molecule has 0 bridgehead atoms. The van der Waals surface area contributed by atoms with E-state index in [2.05, 4.69) is 15.9 Å². The quantitative estimate of drug-likeness (QED) is 0.612. The second-order valence-electron chi connectivity index (χ2n) is 3.45. The molecule has 1 rings (SSSR count). The fraction of sp³-hybridized carbons (Fsp3) is 0.364. The number of benzene rings is 1. The lowest BCUT2D eigenvalue weighted by Crippen LogP contribution is -2.11. The summed E-state index contributed by atoms with van der Waals surface area (Å²) in [7, 11) is 3.99. The molecule has 1 aromatic rings. The molecule has 0 aliphatic heterocycles. The van der Waals surface area contributed by atoms with Gasteiger partial charge in [0.2, 0.25) is 0 Å².